The van der Waals surface area contributed by atoms with Gasteiger partial charge in [-0.15, -0.1) is 11.3 Å². The van der Waals surface area contributed by atoms with E-state index in [-0.39, 0.29) is 6.61 Å². The number of fused-ring (bicyclic) bond motifs is 1. The quantitative estimate of drug-likeness (QED) is 0.160. The van der Waals surface area contributed by atoms with E-state index < -0.39 is 17.8 Å². The van der Waals surface area contributed by atoms with Gasteiger partial charge >= 0.3 is 17.8 Å². The second kappa shape index (κ2) is 13.3. The van der Waals surface area contributed by atoms with Crippen LogP contribution in [0.1, 0.15) is 51.7 Å². The van der Waals surface area contributed by atoms with Crippen LogP contribution >= 0.6 is 22.9 Å². The monoisotopic (exact) mass is 569 g/mol. The number of aryl methyl sites for hydroxylation is 1. The summed E-state index contributed by atoms with van der Waals surface area (Å²) in [7, 11) is 1.29. The molecule has 1 heterocycles. The molecular formula is C28H28ClN3O6S. The van der Waals surface area contributed by atoms with Gasteiger partial charge in [0, 0.05) is 15.5 Å². The van der Waals surface area contributed by atoms with Crippen LogP contribution in [0.2, 0.25) is 5.02 Å². The number of esters is 1. The molecule has 0 saturated carbocycles. The third-order valence-electron chi connectivity index (χ3n) is 5.98. The number of nitrogens with one attached hydrogen (secondary N) is 2. The van der Waals surface area contributed by atoms with Gasteiger partial charge in [0.15, 0.2) is 11.5 Å². The first-order valence-electron chi connectivity index (χ1n) is 12.4. The third-order valence-corrected chi connectivity index (χ3v) is 7.56. The average molecular weight is 570 g/mol. The summed E-state index contributed by atoms with van der Waals surface area (Å²) in [4.78, 5) is 38.3. The summed E-state index contributed by atoms with van der Waals surface area (Å²) in [5.74, 6) is -1.42. The summed E-state index contributed by atoms with van der Waals surface area (Å²) >= 11 is 7.51. The predicted molar refractivity (Wildman–Crippen MR) is 150 cm³/mol. The van der Waals surface area contributed by atoms with Crippen LogP contribution in [0.5, 0.6) is 11.5 Å². The summed E-state index contributed by atoms with van der Waals surface area (Å²) in [5.41, 5.74) is 4.88. The van der Waals surface area contributed by atoms with Crippen LogP contribution in [0.3, 0.4) is 0 Å². The lowest BCUT2D eigenvalue weighted by atomic mass is 9.95. The molecule has 2 aromatic carbocycles. The normalized spacial score (nSPS) is 12.5. The highest BCUT2D eigenvalue weighted by Crippen LogP contribution is 2.38. The first-order chi connectivity index (χ1) is 18.9. The molecule has 0 saturated heterocycles. The Labute approximate surface area is 235 Å². The number of methoxy groups -OCH3 is 1. The standard InChI is InChI=1S/C28H28ClN3O6S/c1-3-37-22-14-17(12-13-21(22)38-16-18-8-4-6-10-20(18)29)15-30-32-26(34)25(33)31-27-24(28(35)36-2)19-9-5-7-11-23(19)39-27/h4,6,8,10,12-15H,3,5,7,9,11,16H2,1-2H3,(H,31,33)(H,32,34). The first-order valence-corrected chi connectivity index (χ1v) is 13.6. The van der Waals surface area contributed by atoms with Gasteiger partial charge < -0.3 is 19.5 Å². The van der Waals surface area contributed by atoms with Gasteiger partial charge in [-0.2, -0.15) is 5.10 Å². The molecule has 0 bridgehead atoms. The van der Waals surface area contributed by atoms with Crippen molar-refractivity contribution < 1.29 is 28.6 Å². The number of carbonyl (C=O) groups excluding carboxylic acids is 3. The first kappa shape index (κ1) is 28.1. The van der Waals surface area contributed by atoms with Crippen molar-refractivity contribution in [2.24, 2.45) is 5.10 Å². The molecule has 39 heavy (non-hydrogen) atoms. The van der Waals surface area contributed by atoms with Gasteiger partial charge in [-0.1, -0.05) is 29.8 Å². The van der Waals surface area contributed by atoms with Gasteiger partial charge in [-0.05, 0) is 68.0 Å². The Hall–Kier alpha value is -3.89. The molecule has 0 aliphatic heterocycles. The highest BCUT2D eigenvalue weighted by molar-refractivity contribution is 7.17. The zero-order chi connectivity index (χ0) is 27.8. The lowest BCUT2D eigenvalue weighted by Gasteiger charge is -2.13. The van der Waals surface area contributed by atoms with Crippen molar-refractivity contribution in [3.05, 3.63) is 74.6 Å². The number of benzene rings is 2. The number of ether oxygens (including phenoxy) is 3. The Morgan fingerprint density at radius 1 is 1.05 bits per heavy atom. The lowest BCUT2D eigenvalue weighted by molar-refractivity contribution is -0.136. The van der Waals surface area contributed by atoms with Crippen LogP contribution < -0.4 is 20.2 Å². The van der Waals surface area contributed by atoms with E-state index >= 15 is 0 Å². The molecule has 2 N–H and O–H groups in total. The molecule has 1 aliphatic carbocycles. The molecule has 0 unspecified atom stereocenters. The van der Waals surface area contributed by atoms with E-state index in [0.29, 0.717) is 39.3 Å². The van der Waals surface area contributed by atoms with Gasteiger partial charge in [-0.25, -0.2) is 10.2 Å². The van der Waals surface area contributed by atoms with Crippen molar-refractivity contribution >= 4 is 51.9 Å². The van der Waals surface area contributed by atoms with Crippen molar-refractivity contribution in [3.63, 3.8) is 0 Å². The highest BCUT2D eigenvalue weighted by Gasteiger charge is 2.28. The Bertz CT molecular complexity index is 1400. The number of halogens is 1. The molecule has 1 aromatic heterocycles. The molecule has 0 atom stereocenters. The van der Waals surface area contributed by atoms with Crippen LogP contribution in [0.25, 0.3) is 0 Å². The molecular weight excluding hydrogens is 542 g/mol. The van der Waals surface area contributed by atoms with Crippen molar-refractivity contribution in [2.75, 3.05) is 19.0 Å². The molecule has 0 spiro atoms. The van der Waals surface area contributed by atoms with Gasteiger partial charge in [0.25, 0.3) is 0 Å². The number of amides is 2. The van der Waals surface area contributed by atoms with Crippen LogP contribution in [0, 0.1) is 0 Å². The van der Waals surface area contributed by atoms with Crippen LogP contribution in [-0.2, 0) is 33.8 Å². The Balaban J connectivity index is 1.39. The molecule has 1 aliphatic rings. The van der Waals surface area contributed by atoms with Crippen LogP contribution in [-0.4, -0.2) is 37.7 Å². The summed E-state index contributed by atoms with van der Waals surface area (Å²) in [6.07, 6.45) is 4.90. The van der Waals surface area contributed by atoms with Crippen LogP contribution in [0.4, 0.5) is 5.00 Å². The van der Waals surface area contributed by atoms with Crippen molar-refractivity contribution in [1.82, 2.24) is 5.43 Å². The molecule has 3 aromatic rings. The molecule has 204 valence electrons. The summed E-state index contributed by atoms with van der Waals surface area (Å²) in [6.45, 7) is 2.54. The van der Waals surface area contributed by atoms with E-state index in [9.17, 15) is 14.4 Å². The van der Waals surface area contributed by atoms with Crippen molar-refractivity contribution in [2.45, 2.75) is 39.2 Å². The largest absolute Gasteiger partial charge is 0.490 e. The van der Waals surface area contributed by atoms with Crippen molar-refractivity contribution in [1.29, 1.82) is 0 Å². The minimum Gasteiger partial charge on any atom is -0.490 e. The van der Waals surface area contributed by atoms with E-state index in [1.54, 1.807) is 24.3 Å². The summed E-state index contributed by atoms with van der Waals surface area (Å²) in [6, 6.07) is 12.6. The molecule has 0 radical (unpaired) electrons. The second-order valence-electron chi connectivity index (χ2n) is 8.58. The van der Waals surface area contributed by atoms with Gasteiger partial charge in [0.1, 0.15) is 11.6 Å². The van der Waals surface area contributed by atoms with E-state index in [4.69, 9.17) is 25.8 Å². The number of rotatable bonds is 9. The maximum atomic E-state index is 12.5. The highest BCUT2D eigenvalue weighted by atomic mass is 35.5. The average Bonchev–Trinajstić information content (AvgIpc) is 3.30. The molecule has 4 rings (SSSR count). The van der Waals surface area contributed by atoms with Gasteiger partial charge in [0.2, 0.25) is 0 Å². The number of thiophene rings is 1. The van der Waals surface area contributed by atoms with E-state index in [1.165, 1.54) is 24.7 Å². The van der Waals surface area contributed by atoms with Crippen molar-refractivity contribution in [3.8, 4) is 11.5 Å². The fourth-order valence-corrected chi connectivity index (χ4v) is 5.57. The minimum atomic E-state index is -0.974. The van der Waals surface area contributed by atoms with E-state index in [2.05, 4.69) is 15.8 Å². The number of hydrogen-bond donors (Lipinski definition) is 2. The summed E-state index contributed by atoms with van der Waals surface area (Å²) in [5, 5.41) is 7.36. The smallest absolute Gasteiger partial charge is 0.341 e. The Morgan fingerprint density at radius 2 is 1.85 bits per heavy atom. The fourth-order valence-electron chi connectivity index (χ4n) is 4.11. The van der Waals surface area contributed by atoms with Crippen LogP contribution in [0.15, 0.2) is 47.6 Å². The SMILES string of the molecule is CCOc1cc(C=NNC(=O)C(=O)Nc2sc3c(c2C(=O)OC)CCCC3)ccc1OCc1ccccc1Cl. The molecule has 9 nitrogen and oxygen atoms in total. The number of hydrogen-bond acceptors (Lipinski definition) is 8. The maximum Gasteiger partial charge on any atom is 0.341 e. The summed E-state index contributed by atoms with van der Waals surface area (Å²) < 4.78 is 16.5. The Kier molecular flexibility index (Phi) is 9.56. The van der Waals surface area contributed by atoms with E-state index in [1.807, 2.05) is 25.1 Å². The Morgan fingerprint density at radius 3 is 2.62 bits per heavy atom. The lowest BCUT2D eigenvalue weighted by Crippen LogP contribution is -2.32. The third kappa shape index (κ3) is 6.96. The fraction of sp³-hybridized carbons (Fsp3) is 0.286. The zero-order valence-corrected chi connectivity index (χ0v) is 23.1. The number of nitrogens with zero attached hydrogens (tertiary/aromatic N) is 1. The number of hydrazone groups is 1. The maximum absolute atomic E-state index is 12.5. The molecule has 11 heteroatoms. The molecule has 2 amide bonds. The van der Waals surface area contributed by atoms with Gasteiger partial charge in [0.05, 0.1) is 25.5 Å². The predicted octanol–water partition coefficient (Wildman–Crippen LogP) is 5.13. The van der Waals surface area contributed by atoms with E-state index in [0.717, 1.165) is 41.7 Å². The topological polar surface area (TPSA) is 115 Å². The second-order valence-corrected chi connectivity index (χ2v) is 10.1. The number of carbonyl (C=O) groups is 3. The minimum absolute atomic E-state index is 0.267. The zero-order valence-electron chi connectivity index (χ0n) is 21.5. The number of anilines is 1. The van der Waals surface area contributed by atoms with Gasteiger partial charge in [-0.3, -0.25) is 9.59 Å². The molecule has 0 fully saturated rings.